The molecular weight excluding hydrogens is 662 g/mol. The number of likely N-dealkylation sites (tertiary alicyclic amines) is 1. The van der Waals surface area contributed by atoms with Crippen molar-refractivity contribution >= 4 is 38.5 Å². The van der Waals surface area contributed by atoms with Crippen LogP contribution in [0.3, 0.4) is 0 Å². The monoisotopic (exact) mass is 699 g/mol. The van der Waals surface area contributed by atoms with Crippen molar-refractivity contribution in [3.05, 3.63) is 96.3 Å². The van der Waals surface area contributed by atoms with E-state index in [-0.39, 0.29) is 23.7 Å². The Morgan fingerprint density at radius 2 is 1.78 bits per heavy atom. The molecule has 12 nitrogen and oxygen atoms in total. The predicted octanol–water partition coefficient (Wildman–Crippen LogP) is 7.08. The fraction of sp³-hybridized carbons (Fsp3) is 0.306. The first-order valence-electron chi connectivity index (χ1n) is 16.2. The summed E-state index contributed by atoms with van der Waals surface area (Å²) < 4.78 is 55.8. The topological polar surface area (TPSA) is 149 Å². The van der Waals surface area contributed by atoms with Gasteiger partial charge in [-0.15, -0.1) is 0 Å². The third kappa shape index (κ3) is 8.25. The minimum Gasteiger partial charge on any atom is -0.444 e. The number of fused-ring (bicyclic) bond motifs is 1. The van der Waals surface area contributed by atoms with Crippen molar-refractivity contribution < 1.29 is 27.1 Å². The lowest BCUT2D eigenvalue weighted by Gasteiger charge is -2.34. The molecule has 50 heavy (non-hydrogen) atoms. The summed E-state index contributed by atoms with van der Waals surface area (Å²) in [6.45, 7) is 8.43. The van der Waals surface area contributed by atoms with E-state index < -0.39 is 27.2 Å². The summed E-state index contributed by atoms with van der Waals surface area (Å²) in [6.07, 6.45) is 6.00. The molecule has 5 aromatic rings. The quantitative estimate of drug-likeness (QED) is 0.164. The molecule has 1 saturated heterocycles. The third-order valence-corrected chi connectivity index (χ3v) is 9.12. The molecule has 1 amide bonds. The fourth-order valence-electron chi connectivity index (χ4n) is 5.68. The number of carbonyl (C=O) groups excluding carboxylic acids is 1. The van der Waals surface area contributed by atoms with Gasteiger partial charge in [0.2, 0.25) is 21.9 Å². The number of benzene rings is 2. The van der Waals surface area contributed by atoms with E-state index in [4.69, 9.17) is 14.5 Å². The molecule has 2 N–H and O–H groups in total. The Hall–Kier alpha value is -5.37. The van der Waals surface area contributed by atoms with Gasteiger partial charge >= 0.3 is 6.09 Å². The molecular formula is C36H38FN7O5S. The minimum atomic E-state index is -4.01. The van der Waals surface area contributed by atoms with Crippen LogP contribution in [0.15, 0.2) is 79.3 Å². The molecule has 0 spiro atoms. The van der Waals surface area contributed by atoms with Crippen molar-refractivity contribution in [3.63, 3.8) is 0 Å². The molecule has 3 aromatic heterocycles. The number of sulfonamides is 1. The molecule has 1 fully saturated rings. The highest BCUT2D eigenvalue weighted by molar-refractivity contribution is 7.91. The number of pyridine rings is 2. The highest BCUT2D eigenvalue weighted by atomic mass is 32.2. The number of halogens is 1. The van der Waals surface area contributed by atoms with Crippen LogP contribution in [-0.2, 0) is 20.5 Å². The van der Waals surface area contributed by atoms with Crippen LogP contribution in [0.2, 0.25) is 0 Å². The van der Waals surface area contributed by atoms with Gasteiger partial charge in [0.05, 0.1) is 22.6 Å². The van der Waals surface area contributed by atoms with Gasteiger partial charge in [0.25, 0.3) is 0 Å². The van der Waals surface area contributed by atoms with E-state index in [1.165, 1.54) is 12.3 Å². The molecule has 14 heteroatoms. The fourth-order valence-corrected chi connectivity index (χ4v) is 6.83. The average molecular weight is 700 g/mol. The van der Waals surface area contributed by atoms with Gasteiger partial charge in [-0.3, -0.25) is 9.71 Å². The van der Waals surface area contributed by atoms with Crippen molar-refractivity contribution in [1.82, 2.24) is 24.8 Å². The molecule has 260 valence electrons. The molecule has 0 radical (unpaired) electrons. The first-order chi connectivity index (χ1) is 23.8. The lowest BCUT2D eigenvalue weighted by Crippen LogP contribution is -2.47. The molecule has 1 atom stereocenters. The number of hydrogen-bond donors (Lipinski definition) is 2. The predicted molar refractivity (Wildman–Crippen MR) is 189 cm³/mol. The van der Waals surface area contributed by atoms with Crippen LogP contribution in [0.1, 0.15) is 44.9 Å². The second kappa shape index (κ2) is 14.2. The van der Waals surface area contributed by atoms with E-state index in [0.29, 0.717) is 52.5 Å². The number of rotatable bonds is 9. The number of nitrogens with zero attached hydrogens (tertiary/aromatic N) is 5. The molecule has 0 unspecified atom stereocenters. The van der Waals surface area contributed by atoms with Crippen molar-refractivity contribution in [1.29, 1.82) is 0 Å². The molecule has 2 aromatic carbocycles. The minimum absolute atomic E-state index is 0.0783. The lowest BCUT2D eigenvalue weighted by molar-refractivity contribution is 0.0206. The van der Waals surface area contributed by atoms with Crippen molar-refractivity contribution in [3.8, 4) is 22.9 Å². The first-order valence-corrected chi connectivity index (χ1v) is 17.8. The highest BCUT2D eigenvalue weighted by Gasteiger charge is 2.28. The SMILES string of the molecule is Cc1ccc2c(NS(=O)(=O)Cc3ccccn3)c(F)ccc2c1Oc1ncccc1-c1ccnc(N[C@H]2CCCN(C(=O)OC(C)(C)C)C2)n1. The normalized spacial score (nSPS) is 15.1. The van der Waals surface area contributed by atoms with Gasteiger partial charge in [0.1, 0.15) is 22.9 Å². The summed E-state index contributed by atoms with van der Waals surface area (Å²) in [5.41, 5.74) is 1.39. The molecule has 0 saturated carbocycles. The van der Waals surface area contributed by atoms with Crippen molar-refractivity contribution in [2.24, 2.45) is 0 Å². The van der Waals surface area contributed by atoms with Gasteiger partial charge in [-0.05, 0) is 88.6 Å². The van der Waals surface area contributed by atoms with Crippen LogP contribution in [0.4, 0.5) is 20.8 Å². The largest absolute Gasteiger partial charge is 0.444 e. The number of aryl methyl sites for hydroxylation is 1. The van der Waals surface area contributed by atoms with E-state index >= 15 is 4.39 Å². The number of ether oxygens (including phenoxy) is 2. The smallest absolute Gasteiger partial charge is 0.410 e. The summed E-state index contributed by atoms with van der Waals surface area (Å²) in [7, 11) is -4.01. The first kappa shape index (κ1) is 34.5. The summed E-state index contributed by atoms with van der Waals surface area (Å²) in [4.78, 5) is 32.1. The summed E-state index contributed by atoms with van der Waals surface area (Å²) in [6, 6.07) is 16.3. The Balaban J connectivity index is 1.25. The van der Waals surface area contributed by atoms with Gasteiger partial charge in [-0.2, -0.15) is 0 Å². The maximum atomic E-state index is 15.2. The van der Waals surface area contributed by atoms with E-state index in [1.54, 1.807) is 65.8 Å². The maximum absolute atomic E-state index is 15.2. The maximum Gasteiger partial charge on any atom is 0.410 e. The second-order valence-electron chi connectivity index (χ2n) is 13.0. The number of carbonyl (C=O) groups is 1. The van der Waals surface area contributed by atoms with Gasteiger partial charge in [0, 0.05) is 48.5 Å². The number of amides is 1. The van der Waals surface area contributed by atoms with Crippen LogP contribution in [0.5, 0.6) is 11.6 Å². The zero-order valence-corrected chi connectivity index (χ0v) is 29.0. The Morgan fingerprint density at radius 3 is 2.56 bits per heavy atom. The molecule has 0 bridgehead atoms. The van der Waals surface area contributed by atoms with E-state index in [9.17, 15) is 13.2 Å². The van der Waals surface area contributed by atoms with Crippen molar-refractivity contribution in [2.75, 3.05) is 23.1 Å². The van der Waals surface area contributed by atoms with Gasteiger partial charge < -0.3 is 19.7 Å². The summed E-state index contributed by atoms with van der Waals surface area (Å²) >= 11 is 0. The van der Waals surface area contributed by atoms with Crippen LogP contribution in [-0.4, -0.2) is 64.1 Å². The summed E-state index contributed by atoms with van der Waals surface area (Å²) in [5, 5.41) is 4.15. The highest BCUT2D eigenvalue weighted by Crippen LogP contribution is 2.40. The second-order valence-corrected chi connectivity index (χ2v) is 14.8. The standard InChI is InChI=1S/C36H38FN7O5S/c1-23-12-13-26-27(14-15-29(37)31(26)43-50(46,47)22-25-9-5-6-17-38-25)32(23)48-33-28(11-7-18-39-33)30-16-19-40-34(42-30)41-24-10-8-20-44(21-24)35(45)49-36(2,3)4/h5-7,9,11-19,24,43H,8,10,20-22H2,1-4H3,(H,40,41,42)/t24-/m0/s1. The van der Waals surface area contributed by atoms with Crippen molar-refractivity contribution in [2.45, 2.75) is 57.9 Å². The number of aromatic nitrogens is 4. The van der Waals surface area contributed by atoms with Crippen LogP contribution >= 0.6 is 0 Å². The van der Waals surface area contributed by atoms with E-state index in [1.807, 2.05) is 33.8 Å². The zero-order chi connectivity index (χ0) is 35.5. The van der Waals surface area contributed by atoms with Crippen LogP contribution < -0.4 is 14.8 Å². The number of hydrogen-bond acceptors (Lipinski definition) is 10. The van der Waals surface area contributed by atoms with Crippen LogP contribution in [0, 0.1) is 12.7 Å². The average Bonchev–Trinajstić information content (AvgIpc) is 3.07. The van der Waals surface area contributed by atoms with Gasteiger partial charge in [-0.1, -0.05) is 18.2 Å². The number of nitrogens with one attached hydrogen (secondary N) is 2. The molecule has 4 heterocycles. The Labute approximate surface area is 290 Å². The zero-order valence-electron chi connectivity index (χ0n) is 28.2. The lowest BCUT2D eigenvalue weighted by atomic mass is 10.0. The van der Waals surface area contributed by atoms with E-state index in [2.05, 4.69) is 25.0 Å². The molecule has 1 aliphatic heterocycles. The molecule has 1 aliphatic rings. The van der Waals surface area contributed by atoms with E-state index in [0.717, 1.165) is 18.4 Å². The molecule has 6 rings (SSSR count). The van der Waals surface area contributed by atoms with Gasteiger partial charge in [-0.25, -0.2) is 32.6 Å². The summed E-state index contributed by atoms with van der Waals surface area (Å²) in [5.74, 6) is -0.154. The Kier molecular flexibility index (Phi) is 9.82. The Morgan fingerprint density at radius 1 is 0.980 bits per heavy atom. The third-order valence-electron chi connectivity index (χ3n) is 7.93. The van der Waals surface area contributed by atoms with Gasteiger partial charge in [0.15, 0.2) is 0 Å². The Bertz CT molecular complexity index is 2130. The molecule has 0 aliphatic carbocycles. The van der Waals surface area contributed by atoms with Crippen LogP contribution in [0.25, 0.3) is 22.0 Å². The number of piperidine rings is 1. The number of anilines is 2.